The third-order valence-electron chi connectivity index (χ3n) is 3.24. The summed E-state index contributed by atoms with van der Waals surface area (Å²) in [7, 11) is 1.65. The van der Waals surface area contributed by atoms with Gasteiger partial charge in [0.15, 0.2) is 10.9 Å². The summed E-state index contributed by atoms with van der Waals surface area (Å²) in [6, 6.07) is 6.52. The fourth-order valence-electron chi connectivity index (χ4n) is 1.99. The molecular formula is C15H10Cl2N2O2S2. The zero-order chi connectivity index (χ0) is 16.6. The maximum Gasteiger partial charge on any atom is 0.262 e. The molecule has 0 aliphatic carbocycles. The van der Waals surface area contributed by atoms with Gasteiger partial charge in [-0.15, -0.1) is 11.3 Å². The molecule has 2 heterocycles. The van der Waals surface area contributed by atoms with Crippen LogP contribution in [0.1, 0.15) is 10.4 Å². The molecule has 0 amide bonds. The van der Waals surface area contributed by atoms with Gasteiger partial charge in [-0.25, -0.2) is 4.98 Å². The standard InChI is InChI=1S/C15H10Cl2N2O2S2/c1-19-14(21)9-4-5-22-13(9)18-15(19)23-7-12(20)8-2-3-10(16)11(17)6-8/h2-6H,7H2,1H3. The summed E-state index contributed by atoms with van der Waals surface area (Å²) in [6.07, 6.45) is 0. The highest BCUT2D eigenvalue weighted by Gasteiger charge is 2.13. The van der Waals surface area contributed by atoms with Crippen molar-refractivity contribution in [2.45, 2.75) is 5.16 Å². The second-order valence-corrected chi connectivity index (χ2v) is 7.39. The first kappa shape index (κ1) is 16.5. The molecule has 0 N–H and O–H groups in total. The van der Waals surface area contributed by atoms with Gasteiger partial charge in [-0.3, -0.25) is 14.2 Å². The number of carbonyl (C=O) groups excluding carboxylic acids is 1. The number of fused-ring (bicyclic) bond motifs is 1. The summed E-state index contributed by atoms with van der Waals surface area (Å²) < 4.78 is 1.46. The zero-order valence-corrected chi connectivity index (χ0v) is 15.0. The van der Waals surface area contributed by atoms with Crippen LogP contribution >= 0.6 is 46.3 Å². The van der Waals surface area contributed by atoms with Gasteiger partial charge in [-0.05, 0) is 29.6 Å². The Bertz CT molecular complexity index is 966. The molecule has 0 radical (unpaired) electrons. The van der Waals surface area contributed by atoms with Gasteiger partial charge in [-0.1, -0.05) is 35.0 Å². The average Bonchev–Trinajstić information content (AvgIpc) is 3.00. The molecule has 3 aromatic rings. The SMILES string of the molecule is Cn1c(SCC(=O)c2ccc(Cl)c(Cl)c2)nc2sccc2c1=O. The molecule has 3 rings (SSSR count). The van der Waals surface area contributed by atoms with E-state index in [9.17, 15) is 9.59 Å². The highest BCUT2D eigenvalue weighted by Crippen LogP contribution is 2.25. The third-order valence-corrected chi connectivity index (χ3v) is 5.81. The summed E-state index contributed by atoms with van der Waals surface area (Å²) in [6.45, 7) is 0. The highest BCUT2D eigenvalue weighted by atomic mass is 35.5. The van der Waals surface area contributed by atoms with Crippen LogP contribution in [-0.2, 0) is 7.05 Å². The van der Waals surface area contributed by atoms with Crippen molar-refractivity contribution in [2.24, 2.45) is 7.05 Å². The summed E-state index contributed by atoms with van der Waals surface area (Å²) in [5.74, 6) is 0.0591. The van der Waals surface area contributed by atoms with E-state index in [2.05, 4.69) is 4.98 Å². The van der Waals surface area contributed by atoms with Gasteiger partial charge in [0.1, 0.15) is 4.83 Å². The van der Waals surface area contributed by atoms with E-state index in [-0.39, 0.29) is 17.1 Å². The lowest BCUT2D eigenvalue weighted by Crippen LogP contribution is -2.19. The lowest BCUT2D eigenvalue weighted by atomic mass is 10.1. The van der Waals surface area contributed by atoms with Crippen LogP contribution in [0.25, 0.3) is 10.2 Å². The largest absolute Gasteiger partial charge is 0.293 e. The quantitative estimate of drug-likeness (QED) is 0.382. The second kappa shape index (κ2) is 6.65. The smallest absolute Gasteiger partial charge is 0.262 e. The normalized spacial score (nSPS) is 11.1. The van der Waals surface area contributed by atoms with E-state index in [0.717, 1.165) is 0 Å². The number of halogens is 2. The Kier molecular flexibility index (Phi) is 4.77. The predicted molar refractivity (Wildman–Crippen MR) is 96.4 cm³/mol. The lowest BCUT2D eigenvalue weighted by molar-refractivity contribution is 0.102. The molecule has 0 saturated heterocycles. The van der Waals surface area contributed by atoms with E-state index in [4.69, 9.17) is 23.2 Å². The predicted octanol–water partition coefficient (Wildman–Crippen LogP) is 4.28. The Morgan fingerprint density at radius 2 is 2.09 bits per heavy atom. The first-order chi connectivity index (χ1) is 11.0. The van der Waals surface area contributed by atoms with E-state index in [1.807, 2.05) is 5.38 Å². The molecule has 0 bridgehead atoms. The number of ketones is 1. The number of rotatable bonds is 4. The van der Waals surface area contributed by atoms with E-state index in [1.165, 1.54) is 27.7 Å². The Morgan fingerprint density at radius 3 is 2.83 bits per heavy atom. The van der Waals surface area contributed by atoms with Crippen LogP contribution in [0.5, 0.6) is 0 Å². The second-order valence-electron chi connectivity index (χ2n) is 4.74. The van der Waals surface area contributed by atoms with Crippen LogP contribution in [0.3, 0.4) is 0 Å². The molecule has 0 unspecified atom stereocenters. The monoisotopic (exact) mass is 384 g/mol. The fourth-order valence-corrected chi connectivity index (χ4v) is 3.96. The number of thioether (sulfide) groups is 1. The van der Waals surface area contributed by atoms with Gasteiger partial charge in [0.25, 0.3) is 5.56 Å². The number of nitrogens with zero attached hydrogens (tertiary/aromatic N) is 2. The number of hydrogen-bond acceptors (Lipinski definition) is 5. The van der Waals surface area contributed by atoms with Crippen molar-refractivity contribution in [3.63, 3.8) is 0 Å². The van der Waals surface area contributed by atoms with Crippen LogP contribution in [-0.4, -0.2) is 21.1 Å². The molecule has 0 fully saturated rings. The average molecular weight is 385 g/mol. The minimum Gasteiger partial charge on any atom is -0.293 e. The summed E-state index contributed by atoms with van der Waals surface area (Å²) in [4.78, 5) is 29.6. The van der Waals surface area contributed by atoms with E-state index in [0.29, 0.717) is 31.0 Å². The van der Waals surface area contributed by atoms with Crippen LogP contribution in [0.4, 0.5) is 0 Å². The Hall–Kier alpha value is -1.34. The van der Waals surface area contributed by atoms with E-state index >= 15 is 0 Å². The molecule has 0 aliphatic rings. The van der Waals surface area contributed by atoms with E-state index in [1.54, 1.807) is 31.3 Å². The van der Waals surface area contributed by atoms with Crippen molar-refractivity contribution >= 4 is 62.3 Å². The number of thiophene rings is 1. The zero-order valence-electron chi connectivity index (χ0n) is 11.9. The molecule has 0 atom stereocenters. The Balaban J connectivity index is 1.82. The van der Waals surface area contributed by atoms with Gasteiger partial charge < -0.3 is 0 Å². The van der Waals surface area contributed by atoms with Crippen molar-refractivity contribution in [2.75, 3.05) is 5.75 Å². The molecule has 0 spiro atoms. The first-order valence-electron chi connectivity index (χ1n) is 6.52. The van der Waals surface area contributed by atoms with Crippen molar-refractivity contribution in [1.82, 2.24) is 9.55 Å². The van der Waals surface area contributed by atoms with Crippen molar-refractivity contribution in [3.05, 3.63) is 55.6 Å². The highest BCUT2D eigenvalue weighted by molar-refractivity contribution is 7.99. The van der Waals surface area contributed by atoms with Gasteiger partial charge in [-0.2, -0.15) is 0 Å². The van der Waals surface area contributed by atoms with Crippen molar-refractivity contribution in [3.8, 4) is 0 Å². The topological polar surface area (TPSA) is 52.0 Å². The van der Waals surface area contributed by atoms with Crippen LogP contribution < -0.4 is 5.56 Å². The molecule has 0 aliphatic heterocycles. The number of hydrogen-bond donors (Lipinski definition) is 0. The maximum atomic E-state index is 12.3. The fraction of sp³-hybridized carbons (Fsp3) is 0.133. The van der Waals surface area contributed by atoms with Crippen molar-refractivity contribution in [1.29, 1.82) is 0 Å². The molecule has 118 valence electrons. The minimum absolute atomic E-state index is 0.103. The Morgan fingerprint density at radius 1 is 1.30 bits per heavy atom. The molecule has 1 aromatic carbocycles. The first-order valence-corrected chi connectivity index (χ1v) is 9.15. The molecule has 8 heteroatoms. The summed E-state index contributed by atoms with van der Waals surface area (Å²) in [5, 5.41) is 3.68. The van der Waals surface area contributed by atoms with E-state index < -0.39 is 0 Å². The molecular weight excluding hydrogens is 375 g/mol. The minimum atomic E-state index is -0.110. The number of carbonyl (C=O) groups is 1. The maximum absolute atomic E-state index is 12.3. The van der Waals surface area contributed by atoms with Gasteiger partial charge in [0.2, 0.25) is 0 Å². The Labute approximate surface area is 150 Å². The molecule has 2 aromatic heterocycles. The molecule has 23 heavy (non-hydrogen) atoms. The molecule has 4 nitrogen and oxygen atoms in total. The van der Waals surface area contributed by atoms with Crippen LogP contribution in [0.2, 0.25) is 10.0 Å². The third kappa shape index (κ3) is 3.30. The summed E-state index contributed by atoms with van der Waals surface area (Å²) in [5.41, 5.74) is 0.370. The van der Waals surface area contributed by atoms with Crippen molar-refractivity contribution < 1.29 is 4.79 Å². The summed E-state index contributed by atoms with van der Waals surface area (Å²) >= 11 is 14.4. The number of benzene rings is 1. The van der Waals surface area contributed by atoms with Crippen LogP contribution in [0, 0.1) is 0 Å². The van der Waals surface area contributed by atoms with Gasteiger partial charge in [0.05, 0.1) is 21.2 Å². The molecule has 0 saturated carbocycles. The number of aromatic nitrogens is 2. The van der Waals surface area contributed by atoms with Gasteiger partial charge >= 0.3 is 0 Å². The van der Waals surface area contributed by atoms with Crippen LogP contribution in [0.15, 0.2) is 39.6 Å². The number of Topliss-reactive ketones (excluding diaryl/α,β-unsaturated/α-hetero) is 1. The van der Waals surface area contributed by atoms with Gasteiger partial charge in [0, 0.05) is 12.6 Å². The lowest BCUT2D eigenvalue weighted by Gasteiger charge is -2.07.